The molecule has 0 spiro atoms. The highest BCUT2D eigenvalue weighted by molar-refractivity contribution is 6.27. The van der Waals surface area contributed by atoms with Gasteiger partial charge < -0.3 is 30.6 Å². The first kappa shape index (κ1) is 28.1. The summed E-state index contributed by atoms with van der Waals surface area (Å²) in [5, 5.41) is 38.9. The lowest BCUT2D eigenvalue weighted by Crippen LogP contribution is -2.49. The average Bonchev–Trinajstić information content (AvgIpc) is 2.88. The van der Waals surface area contributed by atoms with E-state index in [1.54, 1.807) is 0 Å². The molecule has 36 heavy (non-hydrogen) atoms. The van der Waals surface area contributed by atoms with Gasteiger partial charge in [0.25, 0.3) is 0 Å². The van der Waals surface area contributed by atoms with Gasteiger partial charge in [0.15, 0.2) is 0 Å². The van der Waals surface area contributed by atoms with Gasteiger partial charge in [0.2, 0.25) is 5.91 Å². The minimum atomic E-state index is -1.82. The number of amides is 1. The van der Waals surface area contributed by atoms with Gasteiger partial charge in [0.05, 0.1) is 24.3 Å². The first-order valence-corrected chi connectivity index (χ1v) is 13.2. The van der Waals surface area contributed by atoms with Gasteiger partial charge in [-0.25, -0.2) is 9.59 Å². The van der Waals surface area contributed by atoms with Crippen LogP contribution in [0, 0.1) is 5.92 Å². The molecule has 5 N–H and O–H groups in total. The van der Waals surface area contributed by atoms with Crippen LogP contribution in [0.15, 0.2) is 24.3 Å². The lowest BCUT2D eigenvalue weighted by Gasteiger charge is -2.43. The van der Waals surface area contributed by atoms with Crippen LogP contribution in [-0.4, -0.2) is 74.5 Å². The summed E-state index contributed by atoms with van der Waals surface area (Å²) in [5.41, 5.74) is 1.76. The molecule has 1 aromatic carbocycles. The zero-order valence-electron chi connectivity index (χ0n) is 20.9. The number of carbonyl (C=O) groups is 3. The van der Waals surface area contributed by atoms with Crippen LogP contribution in [0.25, 0.3) is 0 Å². The van der Waals surface area contributed by atoms with Crippen LogP contribution >= 0.6 is 0 Å². The minimum absolute atomic E-state index is 0.163. The molecule has 1 heterocycles. The normalized spacial score (nSPS) is 26.3. The van der Waals surface area contributed by atoms with Gasteiger partial charge in [-0.15, -0.1) is 0 Å². The molecule has 1 amide bonds. The molecule has 9 heteroatoms. The SMILES string of the molecule is O=C(CNCC[C@@]1(O)CCCC[C@@H]1O)N1CCc2ccccc2C1C1CCCCC1.O=C(O)C(=O)O. The van der Waals surface area contributed by atoms with Gasteiger partial charge in [-0.05, 0) is 62.1 Å². The quantitative estimate of drug-likeness (QED) is 0.293. The van der Waals surface area contributed by atoms with Crippen LogP contribution in [0.4, 0.5) is 0 Å². The van der Waals surface area contributed by atoms with Gasteiger partial charge in [-0.3, -0.25) is 4.79 Å². The fourth-order valence-electron chi connectivity index (χ4n) is 5.93. The van der Waals surface area contributed by atoms with Crippen LogP contribution < -0.4 is 5.32 Å². The first-order valence-electron chi connectivity index (χ1n) is 13.2. The maximum Gasteiger partial charge on any atom is 0.414 e. The molecule has 2 fully saturated rings. The van der Waals surface area contributed by atoms with E-state index in [1.807, 2.05) is 0 Å². The average molecular weight is 505 g/mol. The summed E-state index contributed by atoms with van der Waals surface area (Å²) in [6.45, 7) is 1.65. The Hall–Kier alpha value is -2.49. The van der Waals surface area contributed by atoms with E-state index < -0.39 is 23.6 Å². The summed E-state index contributed by atoms with van der Waals surface area (Å²) in [5.74, 6) is -2.93. The second kappa shape index (κ2) is 13.2. The number of aliphatic hydroxyl groups excluding tert-OH is 1. The molecule has 0 aromatic heterocycles. The highest BCUT2D eigenvalue weighted by atomic mass is 16.4. The number of benzene rings is 1. The second-order valence-corrected chi connectivity index (χ2v) is 10.3. The Bertz CT molecular complexity index is 890. The predicted octanol–water partition coefficient (Wildman–Crippen LogP) is 2.49. The summed E-state index contributed by atoms with van der Waals surface area (Å²) < 4.78 is 0. The highest BCUT2D eigenvalue weighted by Gasteiger charge is 2.38. The smallest absolute Gasteiger partial charge is 0.414 e. The van der Waals surface area contributed by atoms with E-state index in [1.165, 1.54) is 43.2 Å². The number of nitrogens with zero attached hydrogens (tertiary/aromatic N) is 1. The Kier molecular flexibility index (Phi) is 10.3. The Labute approximate surface area is 212 Å². The lowest BCUT2D eigenvalue weighted by atomic mass is 9.77. The molecular weight excluding hydrogens is 464 g/mol. The van der Waals surface area contributed by atoms with Gasteiger partial charge in [0, 0.05) is 6.54 Å². The third kappa shape index (κ3) is 7.27. The number of hydrogen-bond acceptors (Lipinski definition) is 6. The molecule has 0 bridgehead atoms. The largest absolute Gasteiger partial charge is 0.473 e. The molecular formula is C27H40N2O7. The number of carboxylic acid groups (broad SMARTS) is 2. The van der Waals surface area contributed by atoms with Crippen molar-refractivity contribution in [3.63, 3.8) is 0 Å². The number of fused-ring (bicyclic) bond motifs is 1. The number of carbonyl (C=O) groups excluding carboxylic acids is 1. The van der Waals surface area contributed by atoms with Crippen molar-refractivity contribution in [2.24, 2.45) is 5.92 Å². The van der Waals surface area contributed by atoms with E-state index in [2.05, 4.69) is 34.5 Å². The zero-order chi connectivity index (χ0) is 26.1. The van der Waals surface area contributed by atoms with Crippen LogP contribution in [-0.2, 0) is 20.8 Å². The molecule has 9 nitrogen and oxygen atoms in total. The monoisotopic (exact) mass is 504 g/mol. The van der Waals surface area contributed by atoms with E-state index in [9.17, 15) is 15.0 Å². The molecule has 200 valence electrons. The standard InChI is InChI=1S/C25H38N2O3.C2H2O4/c28-22-12-6-7-14-25(22,30)15-16-26-18-23(29)27-17-13-19-8-4-5-11-21(19)24(27)20-9-2-1-3-10-20;3-1(4)2(5)6/h4-5,8,11,20,22,24,26,28,30H,1-3,6-7,9-10,12-18H2;(H,3,4)(H,5,6)/t22-,24?,25-;/m0./s1. The van der Waals surface area contributed by atoms with Crippen LogP contribution in [0.1, 0.15) is 81.4 Å². The summed E-state index contributed by atoms with van der Waals surface area (Å²) in [6, 6.07) is 8.87. The molecule has 0 radical (unpaired) electrons. The van der Waals surface area contributed by atoms with E-state index >= 15 is 0 Å². The first-order chi connectivity index (χ1) is 17.2. The molecule has 1 aromatic rings. The van der Waals surface area contributed by atoms with Crippen molar-refractivity contribution in [1.82, 2.24) is 10.2 Å². The summed E-state index contributed by atoms with van der Waals surface area (Å²) in [6.07, 6.45) is 10.3. The molecule has 0 saturated heterocycles. The molecule has 1 unspecified atom stereocenters. The zero-order valence-corrected chi connectivity index (χ0v) is 20.9. The number of rotatable bonds is 6. The Morgan fingerprint density at radius 2 is 1.64 bits per heavy atom. The Morgan fingerprint density at radius 3 is 2.31 bits per heavy atom. The molecule has 1 aliphatic heterocycles. The minimum Gasteiger partial charge on any atom is -0.473 e. The summed E-state index contributed by atoms with van der Waals surface area (Å²) in [4.78, 5) is 33.5. The predicted molar refractivity (Wildman–Crippen MR) is 133 cm³/mol. The van der Waals surface area contributed by atoms with Crippen molar-refractivity contribution in [2.75, 3.05) is 19.6 Å². The summed E-state index contributed by atoms with van der Waals surface area (Å²) >= 11 is 0. The topological polar surface area (TPSA) is 147 Å². The van der Waals surface area contributed by atoms with Crippen molar-refractivity contribution in [1.29, 1.82) is 0 Å². The number of hydrogen-bond donors (Lipinski definition) is 5. The van der Waals surface area contributed by atoms with Crippen molar-refractivity contribution < 1.29 is 34.8 Å². The molecule has 3 atom stereocenters. The van der Waals surface area contributed by atoms with Crippen molar-refractivity contribution >= 4 is 17.8 Å². The Balaban J connectivity index is 0.000000538. The van der Waals surface area contributed by atoms with Gasteiger partial charge in [-0.1, -0.05) is 56.4 Å². The fraction of sp³-hybridized carbons (Fsp3) is 0.667. The van der Waals surface area contributed by atoms with E-state index in [0.29, 0.717) is 38.3 Å². The number of carboxylic acids is 2. The van der Waals surface area contributed by atoms with Gasteiger partial charge in [-0.2, -0.15) is 0 Å². The van der Waals surface area contributed by atoms with Crippen molar-refractivity contribution in [3.05, 3.63) is 35.4 Å². The lowest BCUT2D eigenvalue weighted by molar-refractivity contribution is -0.159. The number of aliphatic hydroxyl groups is 2. The van der Waals surface area contributed by atoms with Gasteiger partial charge >= 0.3 is 11.9 Å². The van der Waals surface area contributed by atoms with Crippen molar-refractivity contribution in [3.8, 4) is 0 Å². The van der Waals surface area contributed by atoms with Gasteiger partial charge in [0.1, 0.15) is 0 Å². The second-order valence-electron chi connectivity index (χ2n) is 10.3. The molecule has 2 saturated carbocycles. The van der Waals surface area contributed by atoms with E-state index in [0.717, 1.165) is 25.8 Å². The third-order valence-electron chi connectivity index (χ3n) is 7.90. The van der Waals surface area contributed by atoms with Crippen LogP contribution in [0.5, 0.6) is 0 Å². The van der Waals surface area contributed by atoms with Crippen LogP contribution in [0.3, 0.4) is 0 Å². The summed E-state index contributed by atoms with van der Waals surface area (Å²) in [7, 11) is 0. The molecule has 3 aliphatic rings. The Morgan fingerprint density at radius 1 is 0.972 bits per heavy atom. The maximum absolute atomic E-state index is 13.2. The highest BCUT2D eigenvalue weighted by Crippen LogP contribution is 2.42. The fourth-order valence-corrected chi connectivity index (χ4v) is 5.93. The molecule has 2 aliphatic carbocycles. The van der Waals surface area contributed by atoms with Crippen LogP contribution in [0.2, 0.25) is 0 Å². The number of aliphatic carboxylic acids is 2. The maximum atomic E-state index is 13.2. The third-order valence-corrected chi connectivity index (χ3v) is 7.90. The number of nitrogens with one attached hydrogen (secondary N) is 1. The van der Waals surface area contributed by atoms with E-state index in [4.69, 9.17) is 19.8 Å². The van der Waals surface area contributed by atoms with Crippen molar-refractivity contribution in [2.45, 2.75) is 88.4 Å². The van der Waals surface area contributed by atoms with E-state index in [-0.39, 0.29) is 11.9 Å². The molecule has 4 rings (SSSR count).